The quantitative estimate of drug-likeness (QED) is 0.461. The van der Waals surface area contributed by atoms with Crippen molar-refractivity contribution in [2.45, 2.75) is 31.0 Å². The molecule has 1 unspecified atom stereocenters. The number of benzene rings is 2. The Bertz CT molecular complexity index is 1350. The lowest BCUT2D eigenvalue weighted by Crippen LogP contribution is -2.28. The van der Waals surface area contributed by atoms with Crippen molar-refractivity contribution in [2.75, 3.05) is 5.32 Å². The van der Waals surface area contributed by atoms with Crippen LogP contribution in [0, 0.1) is 6.92 Å². The fourth-order valence-corrected chi connectivity index (χ4v) is 5.69. The molecule has 2 heterocycles. The van der Waals surface area contributed by atoms with E-state index in [-0.39, 0.29) is 14.8 Å². The van der Waals surface area contributed by atoms with Crippen molar-refractivity contribution in [1.82, 2.24) is 9.78 Å². The van der Waals surface area contributed by atoms with Gasteiger partial charge in [0.25, 0.3) is 0 Å². The normalized spacial score (nSPS) is 16.7. The number of alkyl halides is 3. The van der Waals surface area contributed by atoms with Crippen LogP contribution in [0.15, 0.2) is 64.0 Å². The smallest absolute Gasteiger partial charge is 0.343 e. The molecule has 0 radical (unpaired) electrons. The summed E-state index contributed by atoms with van der Waals surface area (Å²) in [6.07, 6.45) is -4.58. The number of allylic oxidation sites excluding steroid dienone is 2. The highest BCUT2D eigenvalue weighted by molar-refractivity contribution is 7.95. The molecule has 1 aliphatic heterocycles. The second kappa shape index (κ2) is 7.83. The van der Waals surface area contributed by atoms with E-state index in [0.717, 1.165) is 24.3 Å². The van der Waals surface area contributed by atoms with E-state index < -0.39 is 27.6 Å². The first-order chi connectivity index (χ1) is 14.9. The van der Waals surface area contributed by atoms with Crippen molar-refractivity contribution < 1.29 is 21.6 Å². The van der Waals surface area contributed by atoms with Crippen molar-refractivity contribution in [2.24, 2.45) is 0 Å². The molecule has 3 aromatic rings. The van der Waals surface area contributed by atoms with Gasteiger partial charge in [-0.2, -0.15) is 18.3 Å². The standard InChI is InChI=1S/C21H16Cl2F3N3O2S/c1-11-9-18-27-12(2)20(19(29(18)28-11)13-3-8-16(22)17(23)10-13)32(30,31)15-6-4-14(5-7-15)21(24,25)26/h3-10,19,27H,1-2H3. The molecule has 1 N–H and O–H groups in total. The molecule has 2 aromatic carbocycles. The number of nitrogens with zero attached hydrogens (tertiary/aromatic N) is 2. The predicted octanol–water partition coefficient (Wildman–Crippen LogP) is 6.24. The lowest BCUT2D eigenvalue weighted by Gasteiger charge is -2.30. The molecule has 0 amide bonds. The van der Waals surface area contributed by atoms with E-state index in [1.165, 1.54) is 4.68 Å². The minimum absolute atomic E-state index is 0.0498. The highest BCUT2D eigenvalue weighted by Crippen LogP contribution is 2.42. The molecule has 1 aromatic heterocycles. The zero-order chi connectivity index (χ0) is 23.4. The molecule has 0 fully saturated rings. The number of aryl methyl sites for hydroxylation is 1. The van der Waals surface area contributed by atoms with Crippen LogP contribution in [-0.4, -0.2) is 18.2 Å². The first-order valence-corrected chi connectivity index (χ1v) is 11.5. The molecule has 0 saturated heterocycles. The van der Waals surface area contributed by atoms with Crippen LogP contribution in [0.25, 0.3) is 0 Å². The van der Waals surface area contributed by atoms with E-state index in [2.05, 4.69) is 10.4 Å². The molecule has 0 saturated carbocycles. The number of halogens is 5. The molecule has 0 spiro atoms. The minimum atomic E-state index is -4.58. The monoisotopic (exact) mass is 501 g/mol. The fraction of sp³-hybridized carbons (Fsp3) is 0.190. The zero-order valence-electron chi connectivity index (χ0n) is 16.7. The summed E-state index contributed by atoms with van der Waals surface area (Å²) in [4.78, 5) is -0.315. The Morgan fingerprint density at radius 3 is 2.25 bits per heavy atom. The van der Waals surface area contributed by atoms with Gasteiger partial charge in [-0.25, -0.2) is 13.1 Å². The summed E-state index contributed by atoms with van der Waals surface area (Å²) in [6.45, 7) is 3.35. The van der Waals surface area contributed by atoms with Gasteiger partial charge in [0.1, 0.15) is 11.9 Å². The summed E-state index contributed by atoms with van der Waals surface area (Å²) >= 11 is 12.2. The summed E-state index contributed by atoms with van der Waals surface area (Å²) in [6, 6.07) is 9.00. The van der Waals surface area contributed by atoms with Crippen LogP contribution in [0.4, 0.5) is 19.0 Å². The van der Waals surface area contributed by atoms with Crippen LogP contribution in [0.5, 0.6) is 0 Å². The third-order valence-electron chi connectivity index (χ3n) is 5.08. The third-order valence-corrected chi connectivity index (χ3v) is 7.82. The Morgan fingerprint density at radius 2 is 1.66 bits per heavy atom. The number of rotatable bonds is 3. The Morgan fingerprint density at radius 1 is 1.00 bits per heavy atom. The summed E-state index contributed by atoms with van der Waals surface area (Å²) in [7, 11) is -4.21. The lowest BCUT2D eigenvalue weighted by molar-refractivity contribution is -0.137. The van der Waals surface area contributed by atoms with Crippen LogP contribution < -0.4 is 5.32 Å². The first-order valence-electron chi connectivity index (χ1n) is 9.31. The molecule has 0 bridgehead atoms. The van der Waals surface area contributed by atoms with Gasteiger partial charge in [0.2, 0.25) is 9.84 Å². The van der Waals surface area contributed by atoms with E-state index in [1.807, 2.05) is 0 Å². The van der Waals surface area contributed by atoms with Crippen molar-refractivity contribution >= 4 is 38.9 Å². The van der Waals surface area contributed by atoms with Crippen LogP contribution >= 0.6 is 23.2 Å². The average Bonchev–Trinajstić information content (AvgIpc) is 3.08. The number of sulfone groups is 1. The molecule has 1 atom stereocenters. The molecule has 168 valence electrons. The molecule has 11 heteroatoms. The number of fused-ring (bicyclic) bond motifs is 1. The van der Waals surface area contributed by atoms with Crippen molar-refractivity contribution in [3.05, 3.63) is 86.0 Å². The first kappa shape index (κ1) is 22.7. The SMILES string of the molecule is CC1=C(S(=O)(=O)c2ccc(C(F)(F)F)cc2)C(c2ccc(Cl)c(Cl)c2)n2nc(C)cc2N1. The highest BCUT2D eigenvalue weighted by atomic mass is 35.5. The maximum atomic E-state index is 13.6. The third kappa shape index (κ3) is 3.89. The number of aromatic nitrogens is 2. The van der Waals surface area contributed by atoms with Gasteiger partial charge < -0.3 is 5.32 Å². The molecule has 0 aliphatic carbocycles. The van der Waals surface area contributed by atoms with E-state index in [1.54, 1.807) is 38.1 Å². The van der Waals surface area contributed by atoms with Gasteiger partial charge in [-0.3, -0.25) is 0 Å². The fourth-order valence-electron chi connectivity index (χ4n) is 3.65. The largest absolute Gasteiger partial charge is 0.416 e. The number of anilines is 1. The lowest BCUT2D eigenvalue weighted by atomic mass is 10.0. The molecular weight excluding hydrogens is 486 g/mol. The summed E-state index contributed by atoms with van der Waals surface area (Å²) < 4.78 is 67.6. The van der Waals surface area contributed by atoms with E-state index in [9.17, 15) is 21.6 Å². The Labute approximate surface area is 192 Å². The molecule has 4 rings (SSSR count). The van der Waals surface area contributed by atoms with Crippen LogP contribution in [0.1, 0.15) is 29.8 Å². The van der Waals surface area contributed by atoms with E-state index in [4.69, 9.17) is 23.2 Å². The predicted molar refractivity (Wildman–Crippen MR) is 117 cm³/mol. The van der Waals surface area contributed by atoms with Gasteiger partial charge >= 0.3 is 6.18 Å². The van der Waals surface area contributed by atoms with Gasteiger partial charge in [0.15, 0.2) is 0 Å². The van der Waals surface area contributed by atoms with Crippen LogP contribution in [0.2, 0.25) is 10.0 Å². The van der Waals surface area contributed by atoms with Gasteiger partial charge in [0.05, 0.1) is 31.1 Å². The van der Waals surface area contributed by atoms with E-state index in [0.29, 0.717) is 27.8 Å². The zero-order valence-corrected chi connectivity index (χ0v) is 19.0. The Kier molecular flexibility index (Phi) is 5.55. The minimum Gasteiger partial charge on any atom is -0.343 e. The highest BCUT2D eigenvalue weighted by Gasteiger charge is 2.38. The molecule has 1 aliphatic rings. The van der Waals surface area contributed by atoms with Gasteiger partial charge in [0, 0.05) is 11.8 Å². The number of hydrogen-bond acceptors (Lipinski definition) is 4. The maximum absolute atomic E-state index is 13.6. The van der Waals surface area contributed by atoms with Crippen LogP contribution in [-0.2, 0) is 16.0 Å². The second-order valence-electron chi connectivity index (χ2n) is 7.33. The van der Waals surface area contributed by atoms with Crippen molar-refractivity contribution in [3.8, 4) is 0 Å². The summed E-state index contributed by atoms with van der Waals surface area (Å²) in [5.41, 5.74) is 0.553. The summed E-state index contributed by atoms with van der Waals surface area (Å²) in [5.74, 6) is 0.572. The molecule has 32 heavy (non-hydrogen) atoms. The van der Waals surface area contributed by atoms with Gasteiger partial charge in [-0.1, -0.05) is 29.3 Å². The molecule has 5 nitrogen and oxygen atoms in total. The Balaban J connectivity index is 1.90. The second-order valence-corrected chi connectivity index (χ2v) is 10.1. The summed E-state index contributed by atoms with van der Waals surface area (Å²) in [5, 5.41) is 7.99. The van der Waals surface area contributed by atoms with Gasteiger partial charge in [-0.15, -0.1) is 0 Å². The Hall–Kier alpha value is -2.49. The number of nitrogens with one attached hydrogen (secondary N) is 1. The van der Waals surface area contributed by atoms with Crippen LogP contribution in [0.3, 0.4) is 0 Å². The van der Waals surface area contributed by atoms with E-state index >= 15 is 0 Å². The van der Waals surface area contributed by atoms with Gasteiger partial charge in [-0.05, 0) is 55.8 Å². The average molecular weight is 502 g/mol. The topological polar surface area (TPSA) is 64.0 Å². The maximum Gasteiger partial charge on any atom is 0.416 e. The number of hydrogen-bond donors (Lipinski definition) is 1. The van der Waals surface area contributed by atoms with Crippen molar-refractivity contribution in [1.29, 1.82) is 0 Å². The van der Waals surface area contributed by atoms with Crippen molar-refractivity contribution in [3.63, 3.8) is 0 Å². The molecular formula is C21H16Cl2F3N3O2S.